The van der Waals surface area contributed by atoms with E-state index < -0.39 is 0 Å². The number of imidazole rings is 1. The number of rotatable bonds is 3. The molecule has 0 aliphatic rings. The Balaban J connectivity index is 2.14. The first-order chi connectivity index (χ1) is 9.29. The van der Waals surface area contributed by atoms with Crippen LogP contribution < -0.4 is 0 Å². The molecule has 4 nitrogen and oxygen atoms in total. The first-order valence-corrected chi connectivity index (χ1v) is 6.20. The number of benzene rings is 1. The van der Waals surface area contributed by atoms with Gasteiger partial charge in [-0.15, -0.1) is 0 Å². The Morgan fingerprint density at radius 1 is 1.26 bits per heavy atom. The molecule has 1 N–H and O–H groups in total. The van der Waals surface area contributed by atoms with Crippen LogP contribution in [-0.4, -0.2) is 22.1 Å². The smallest absolute Gasteiger partial charge is 0.0992 e. The van der Waals surface area contributed by atoms with Crippen molar-refractivity contribution in [3.05, 3.63) is 48.5 Å². The van der Waals surface area contributed by atoms with Gasteiger partial charge >= 0.3 is 0 Å². The number of nitrogens with one attached hydrogen (secondary N) is 1. The van der Waals surface area contributed by atoms with Gasteiger partial charge in [-0.2, -0.15) is 0 Å². The summed E-state index contributed by atoms with van der Waals surface area (Å²) in [6.07, 6.45) is 5.40. The van der Waals surface area contributed by atoms with Crippen LogP contribution in [0.2, 0.25) is 0 Å². The molecule has 0 amide bonds. The summed E-state index contributed by atoms with van der Waals surface area (Å²) in [6.45, 7) is 2.03. The van der Waals surface area contributed by atoms with Crippen LogP contribution in [0.3, 0.4) is 0 Å². The lowest BCUT2D eigenvalue weighted by Crippen LogP contribution is -1.95. The summed E-state index contributed by atoms with van der Waals surface area (Å²) in [5.74, 6) is 0. The molecule has 0 saturated heterocycles. The second-order valence-corrected chi connectivity index (χ2v) is 4.49. The second-order valence-electron chi connectivity index (χ2n) is 4.49. The lowest BCUT2D eigenvalue weighted by atomic mass is 10.0. The third-order valence-corrected chi connectivity index (χ3v) is 3.35. The molecular formula is C15H15N3O. The molecule has 4 heteroatoms. The second kappa shape index (κ2) is 4.82. The van der Waals surface area contributed by atoms with Crippen LogP contribution in [0.1, 0.15) is 18.6 Å². The summed E-state index contributed by atoms with van der Waals surface area (Å²) < 4.78 is 5.36. The molecule has 1 aromatic carbocycles. The number of methoxy groups -OCH3 is 1. The number of H-pyrrole nitrogens is 1. The Bertz CT molecular complexity index is 705. The van der Waals surface area contributed by atoms with Crippen molar-refractivity contribution < 1.29 is 4.74 Å². The molecule has 0 aliphatic heterocycles. The van der Waals surface area contributed by atoms with Gasteiger partial charge in [-0.05, 0) is 24.1 Å². The van der Waals surface area contributed by atoms with Crippen molar-refractivity contribution in [1.29, 1.82) is 0 Å². The minimum absolute atomic E-state index is 0.0753. The topological polar surface area (TPSA) is 50.8 Å². The first-order valence-electron chi connectivity index (χ1n) is 6.20. The molecule has 0 spiro atoms. The van der Waals surface area contributed by atoms with E-state index in [1.165, 1.54) is 0 Å². The van der Waals surface area contributed by atoms with Gasteiger partial charge in [0.1, 0.15) is 0 Å². The number of fused-ring (bicyclic) bond motifs is 1. The summed E-state index contributed by atoms with van der Waals surface area (Å²) in [5.41, 5.74) is 5.17. The van der Waals surface area contributed by atoms with Crippen molar-refractivity contribution in [2.24, 2.45) is 0 Å². The number of hydrogen-bond donors (Lipinski definition) is 1. The molecule has 2 aromatic heterocycles. The molecule has 96 valence electrons. The van der Waals surface area contributed by atoms with Crippen LogP contribution in [0, 0.1) is 0 Å². The fourth-order valence-electron chi connectivity index (χ4n) is 2.17. The predicted molar refractivity (Wildman–Crippen MR) is 74.7 cm³/mol. The van der Waals surface area contributed by atoms with Crippen molar-refractivity contribution in [1.82, 2.24) is 15.0 Å². The minimum Gasteiger partial charge on any atom is -0.377 e. The van der Waals surface area contributed by atoms with Gasteiger partial charge in [0.15, 0.2) is 0 Å². The molecule has 0 radical (unpaired) electrons. The van der Waals surface area contributed by atoms with Crippen molar-refractivity contribution in [2.75, 3.05) is 7.11 Å². The van der Waals surface area contributed by atoms with Gasteiger partial charge in [0.2, 0.25) is 0 Å². The maximum atomic E-state index is 5.36. The molecule has 1 unspecified atom stereocenters. The van der Waals surface area contributed by atoms with Crippen molar-refractivity contribution in [2.45, 2.75) is 13.0 Å². The first kappa shape index (κ1) is 11.9. The third-order valence-electron chi connectivity index (χ3n) is 3.35. The quantitative estimate of drug-likeness (QED) is 0.779. The molecule has 0 saturated carbocycles. The molecule has 0 bridgehead atoms. The highest BCUT2D eigenvalue weighted by atomic mass is 16.5. The highest BCUT2D eigenvalue weighted by Gasteiger charge is 2.09. The van der Waals surface area contributed by atoms with Crippen LogP contribution in [0.15, 0.2) is 43.0 Å². The van der Waals surface area contributed by atoms with E-state index in [-0.39, 0.29) is 6.10 Å². The Morgan fingerprint density at radius 3 is 3.00 bits per heavy atom. The van der Waals surface area contributed by atoms with Gasteiger partial charge in [0.25, 0.3) is 0 Å². The Morgan fingerprint density at radius 2 is 2.16 bits per heavy atom. The Labute approximate surface area is 111 Å². The average molecular weight is 253 g/mol. The normalized spacial score (nSPS) is 12.7. The zero-order valence-electron chi connectivity index (χ0n) is 10.9. The lowest BCUT2D eigenvalue weighted by Gasteiger charge is -2.11. The number of hydrogen-bond acceptors (Lipinski definition) is 3. The number of ether oxygens (including phenoxy) is 1. The fraction of sp³-hybridized carbons (Fsp3) is 0.200. The van der Waals surface area contributed by atoms with Gasteiger partial charge in [-0.3, -0.25) is 4.98 Å². The van der Waals surface area contributed by atoms with Crippen LogP contribution in [0.4, 0.5) is 0 Å². The fourth-order valence-corrected chi connectivity index (χ4v) is 2.17. The van der Waals surface area contributed by atoms with Crippen LogP contribution in [0.25, 0.3) is 22.2 Å². The largest absolute Gasteiger partial charge is 0.377 e. The van der Waals surface area contributed by atoms with E-state index in [2.05, 4.69) is 33.2 Å². The summed E-state index contributed by atoms with van der Waals surface area (Å²) >= 11 is 0. The van der Waals surface area contributed by atoms with Gasteiger partial charge in [0.05, 0.1) is 29.7 Å². The number of nitrogens with zero attached hydrogens (tertiary/aromatic N) is 2. The monoisotopic (exact) mass is 253 g/mol. The van der Waals surface area contributed by atoms with Crippen molar-refractivity contribution in [3.63, 3.8) is 0 Å². The Hall–Kier alpha value is -2.20. The molecule has 2 heterocycles. The van der Waals surface area contributed by atoms with E-state index in [0.717, 1.165) is 27.7 Å². The zero-order valence-corrected chi connectivity index (χ0v) is 10.9. The maximum absolute atomic E-state index is 5.36. The standard InChI is InChI=1S/C15H15N3O/c1-10(19-2)11-4-3-5-12(6-11)13-7-16-8-14-15(13)18-9-17-14/h3-10H,1-2H3,(H,17,18). The number of aromatic amines is 1. The van der Waals surface area contributed by atoms with Gasteiger partial charge in [-0.1, -0.05) is 18.2 Å². The predicted octanol–water partition coefficient (Wildman–Crippen LogP) is 3.33. The van der Waals surface area contributed by atoms with E-state index in [1.807, 2.05) is 19.2 Å². The van der Waals surface area contributed by atoms with E-state index in [4.69, 9.17) is 4.74 Å². The van der Waals surface area contributed by atoms with E-state index in [9.17, 15) is 0 Å². The summed E-state index contributed by atoms with van der Waals surface area (Å²) in [4.78, 5) is 11.7. The summed E-state index contributed by atoms with van der Waals surface area (Å²) in [7, 11) is 1.72. The van der Waals surface area contributed by atoms with Gasteiger partial charge in [0, 0.05) is 18.9 Å². The van der Waals surface area contributed by atoms with Crippen molar-refractivity contribution in [3.8, 4) is 11.1 Å². The highest BCUT2D eigenvalue weighted by Crippen LogP contribution is 2.28. The van der Waals surface area contributed by atoms with Crippen LogP contribution in [-0.2, 0) is 4.74 Å². The lowest BCUT2D eigenvalue weighted by molar-refractivity contribution is 0.119. The molecular weight excluding hydrogens is 238 g/mol. The molecule has 19 heavy (non-hydrogen) atoms. The van der Waals surface area contributed by atoms with E-state index in [0.29, 0.717) is 0 Å². The van der Waals surface area contributed by atoms with Crippen molar-refractivity contribution >= 4 is 11.0 Å². The SMILES string of the molecule is COC(C)c1cccc(-c2cncc3[nH]cnc23)c1. The molecule has 1 atom stereocenters. The molecule has 0 aliphatic carbocycles. The van der Waals surface area contributed by atoms with E-state index in [1.54, 1.807) is 19.6 Å². The highest BCUT2D eigenvalue weighted by molar-refractivity contribution is 5.90. The van der Waals surface area contributed by atoms with Gasteiger partial charge in [-0.25, -0.2) is 4.98 Å². The van der Waals surface area contributed by atoms with Gasteiger partial charge < -0.3 is 9.72 Å². The number of aromatic nitrogens is 3. The Kier molecular flexibility index (Phi) is 3.01. The average Bonchev–Trinajstić information content (AvgIpc) is 2.94. The van der Waals surface area contributed by atoms with E-state index >= 15 is 0 Å². The minimum atomic E-state index is 0.0753. The zero-order chi connectivity index (χ0) is 13.2. The third kappa shape index (κ3) is 2.11. The van der Waals surface area contributed by atoms with Crippen LogP contribution in [0.5, 0.6) is 0 Å². The summed E-state index contributed by atoms with van der Waals surface area (Å²) in [5, 5.41) is 0. The summed E-state index contributed by atoms with van der Waals surface area (Å²) in [6, 6.07) is 8.29. The molecule has 0 fully saturated rings. The number of pyridine rings is 1. The molecule has 3 aromatic rings. The maximum Gasteiger partial charge on any atom is 0.0992 e. The molecule has 3 rings (SSSR count). The van der Waals surface area contributed by atoms with Crippen LogP contribution >= 0.6 is 0 Å².